The Bertz CT molecular complexity index is 780. The fourth-order valence-electron chi connectivity index (χ4n) is 2.78. The fraction of sp³-hybridized carbons (Fsp3) is 0.263. The molecule has 3 rings (SSSR count). The average Bonchev–Trinajstić information content (AvgIpc) is 3.41. The van der Waals surface area contributed by atoms with E-state index in [1.54, 1.807) is 0 Å². The lowest BCUT2D eigenvalue weighted by Crippen LogP contribution is -2.37. The highest BCUT2D eigenvalue weighted by Crippen LogP contribution is 2.48. The zero-order valence-electron chi connectivity index (χ0n) is 13.5. The van der Waals surface area contributed by atoms with Crippen molar-refractivity contribution in [3.8, 4) is 0 Å². The standard InChI is InChI=1S/C19H18F2N2O2/c20-13-6-7-17(21)15(8-13)14-9-16(14)19(25)23-11-18(24)22-10-12-4-2-1-3-5-12/h1-8,14,16H,9-11H2,(H,22,24)(H,23,25). The minimum Gasteiger partial charge on any atom is -0.350 e. The van der Waals surface area contributed by atoms with Crippen molar-refractivity contribution in [1.82, 2.24) is 10.6 Å². The van der Waals surface area contributed by atoms with Crippen LogP contribution in [0.1, 0.15) is 23.5 Å². The zero-order valence-corrected chi connectivity index (χ0v) is 13.5. The predicted molar refractivity (Wildman–Crippen MR) is 88.5 cm³/mol. The van der Waals surface area contributed by atoms with Gasteiger partial charge in [0.1, 0.15) is 11.6 Å². The molecule has 0 saturated heterocycles. The van der Waals surface area contributed by atoms with Gasteiger partial charge >= 0.3 is 0 Å². The first-order chi connectivity index (χ1) is 12.0. The minimum absolute atomic E-state index is 0.138. The van der Waals surface area contributed by atoms with E-state index in [9.17, 15) is 18.4 Å². The van der Waals surface area contributed by atoms with Gasteiger partial charge in [0, 0.05) is 12.5 Å². The second-order valence-corrected chi connectivity index (χ2v) is 6.09. The number of carbonyl (C=O) groups is 2. The molecule has 0 heterocycles. The second-order valence-electron chi connectivity index (χ2n) is 6.09. The van der Waals surface area contributed by atoms with Crippen molar-refractivity contribution < 1.29 is 18.4 Å². The van der Waals surface area contributed by atoms with Crippen LogP contribution in [-0.2, 0) is 16.1 Å². The molecule has 0 aliphatic heterocycles. The molecule has 2 atom stereocenters. The molecule has 1 fully saturated rings. The highest BCUT2D eigenvalue weighted by Gasteiger charge is 2.45. The van der Waals surface area contributed by atoms with Gasteiger partial charge in [-0.3, -0.25) is 9.59 Å². The summed E-state index contributed by atoms with van der Waals surface area (Å²) in [7, 11) is 0. The molecule has 4 nitrogen and oxygen atoms in total. The van der Waals surface area contributed by atoms with Crippen LogP contribution in [0.5, 0.6) is 0 Å². The predicted octanol–water partition coefficient (Wildman–Crippen LogP) is 2.50. The maximum atomic E-state index is 13.7. The molecule has 1 saturated carbocycles. The first kappa shape index (κ1) is 17.1. The van der Waals surface area contributed by atoms with E-state index in [0.29, 0.717) is 13.0 Å². The smallest absolute Gasteiger partial charge is 0.239 e. The fourth-order valence-corrected chi connectivity index (χ4v) is 2.78. The largest absolute Gasteiger partial charge is 0.350 e. The van der Waals surface area contributed by atoms with E-state index in [0.717, 1.165) is 23.8 Å². The van der Waals surface area contributed by atoms with Crippen LogP contribution in [0.3, 0.4) is 0 Å². The summed E-state index contributed by atoms with van der Waals surface area (Å²) in [5.74, 6) is -2.40. The number of hydrogen-bond acceptors (Lipinski definition) is 2. The SMILES string of the molecule is O=C(CNC(=O)C1CC1c1cc(F)ccc1F)NCc1ccccc1. The third kappa shape index (κ3) is 4.41. The van der Waals surface area contributed by atoms with E-state index in [4.69, 9.17) is 0 Å². The quantitative estimate of drug-likeness (QED) is 0.846. The van der Waals surface area contributed by atoms with E-state index in [2.05, 4.69) is 10.6 Å². The van der Waals surface area contributed by atoms with Crippen LogP contribution in [0, 0.1) is 17.6 Å². The van der Waals surface area contributed by atoms with Crippen molar-refractivity contribution in [1.29, 1.82) is 0 Å². The molecule has 0 spiro atoms. The maximum Gasteiger partial charge on any atom is 0.239 e. The van der Waals surface area contributed by atoms with E-state index in [-0.39, 0.29) is 29.8 Å². The average molecular weight is 344 g/mol. The lowest BCUT2D eigenvalue weighted by molar-refractivity contribution is -0.126. The van der Waals surface area contributed by atoms with Gasteiger partial charge in [-0.25, -0.2) is 8.78 Å². The van der Waals surface area contributed by atoms with Crippen LogP contribution in [0.25, 0.3) is 0 Å². The van der Waals surface area contributed by atoms with Crippen LogP contribution >= 0.6 is 0 Å². The van der Waals surface area contributed by atoms with Gasteiger partial charge in [0.2, 0.25) is 11.8 Å². The van der Waals surface area contributed by atoms with E-state index in [1.165, 1.54) is 0 Å². The molecule has 1 aliphatic carbocycles. The molecule has 6 heteroatoms. The normalized spacial score (nSPS) is 18.5. The zero-order chi connectivity index (χ0) is 17.8. The Morgan fingerprint density at radius 3 is 2.56 bits per heavy atom. The van der Waals surface area contributed by atoms with Gasteiger partial charge in [-0.05, 0) is 41.7 Å². The van der Waals surface area contributed by atoms with Crippen molar-refractivity contribution in [2.24, 2.45) is 5.92 Å². The third-order valence-electron chi connectivity index (χ3n) is 4.24. The molecule has 2 aromatic carbocycles. The van der Waals surface area contributed by atoms with E-state index in [1.807, 2.05) is 30.3 Å². The van der Waals surface area contributed by atoms with Gasteiger partial charge in [-0.15, -0.1) is 0 Å². The van der Waals surface area contributed by atoms with Crippen LogP contribution in [-0.4, -0.2) is 18.4 Å². The monoisotopic (exact) mass is 344 g/mol. The van der Waals surface area contributed by atoms with Crippen LogP contribution in [0.2, 0.25) is 0 Å². The molecule has 0 bridgehead atoms. The molecule has 2 unspecified atom stereocenters. The minimum atomic E-state index is -0.525. The Hall–Kier alpha value is -2.76. The number of nitrogens with one attached hydrogen (secondary N) is 2. The third-order valence-corrected chi connectivity index (χ3v) is 4.24. The topological polar surface area (TPSA) is 58.2 Å². The lowest BCUT2D eigenvalue weighted by Gasteiger charge is -2.07. The summed E-state index contributed by atoms with van der Waals surface area (Å²) in [6.45, 7) is 0.247. The van der Waals surface area contributed by atoms with Crippen molar-refractivity contribution in [2.75, 3.05) is 6.54 Å². The summed E-state index contributed by atoms with van der Waals surface area (Å²) in [4.78, 5) is 23.8. The van der Waals surface area contributed by atoms with Crippen LogP contribution < -0.4 is 10.6 Å². The summed E-state index contributed by atoms with van der Waals surface area (Å²) in [6, 6.07) is 12.7. The Balaban J connectivity index is 1.44. The maximum absolute atomic E-state index is 13.7. The summed E-state index contributed by atoms with van der Waals surface area (Å²) in [5.41, 5.74) is 1.18. The van der Waals surface area contributed by atoms with Gasteiger partial charge in [0.05, 0.1) is 6.54 Å². The van der Waals surface area contributed by atoms with Gasteiger partial charge < -0.3 is 10.6 Å². The van der Waals surface area contributed by atoms with E-state index >= 15 is 0 Å². The van der Waals surface area contributed by atoms with Crippen molar-refractivity contribution in [3.63, 3.8) is 0 Å². The first-order valence-electron chi connectivity index (χ1n) is 8.08. The molecule has 25 heavy (non-hydrogen) atoms. The van der Waals surface area contributed by atoms with E-state index < -0.39 is 17.6 Å². The Labute approximate surface area is 144 Å². The number of benzene rings is 2. The number of rotatable bonds is 6. The number of halogens is 2. The van der Waals surface area contributed by atoms with Crippen LogP contribution in [0.15, 0.2) is 48.5 Å². The van der Waals surface area contributed by atoms with Gasteiger partial charge in [-0.2, -0.15) is 0 Å². The molecular formula is C19H18F2N2O2. The number of amides is 2. The molecule has 2 N–H and O–H groups in total. The number of hydrogen-bond donors (Lipinski definition) is 2. The highest BCUT2D eigenvalue weighted by atomic mass is 19.1. The summed E-state index contributed by atoms with van der Waals surface area (Å²) in [6.07, 6.45) is 0.456. The highest BCUT2D eigenvalue weighted by molar-refractivity contribution is 5.87. The second kappa shape index (κ2) is 7.42. The molecular weight excluding hydrogens is 326 g/mol. The summed E-state index contributed by atoms with van der Waals surface area (Å²) in [5, 5.41) is 5.26. The lowest BCUT2D eigenvalue weighted by atomic mass is 10.1. The van der Waals surface area contributed by atoms with Crippen molar-refractivity contribution >= 4 is 11.8 Å². The molecule has 0 radical (unpaired) electrons. The molecule has 1 aliphatic rings. The van der Waals surface area contributed by atoms with Gasteiger partial charge in [0.15, 0.2) is 0 Å². The first-order valence-corrected chi connectivity index (χ1v) is 8.08. The van der Waals surface area contributed by atoms with Crippen molar-refractivity contribution in [2.45, 2.75) is 18.9 Å². The summed E-state index contributed by atoms with van der Waals surface area (Å²) >= 11 is 0. The summed E-state index contributed by atoms with van der Waals surface area (Å²) < 4.78 is 26.9. The van der Waals surface area contributed by atoms with Crippen molar-refractivity contribution in [3.05, 3.63) is 71.3 Å². The Morgan fingerprint density at radius 2 is 1.80 bits per heavy atom. The molecule has 130 valence electrons. The van der Waals surface area contributed by atoms with Crippen LogP contribution in [0.4, 0.5) is 8.78 Å². The van der Waals surface area contributed by atoms with Gasteiger partial charge in [0.25, 0.3) is 0 Å². The molecule has 2 amide bonds. The Morgan fingerprint density at radius 1 is 1.04 bits per heavy atom. The van der Waals surface area contributed by atoms with Gasteiger partial charge in [-0.1, -0.05) is 30.3 Å². The number of carbonyl (C=O) groups excluding carboxylic acids is 2. The molecule has 2 aromatic rings. The molecule has 0 aromatic heterocycles. The Kier molecular flexibility index (Phi) is 5.07.